The summed E-state index contributed by atoms with van der Waals surface area (Å²) >= 11 is 0. The Balaban J connectivity index is 2.62. The van der Waals surface area contributed by atoms with Gasteiger partial charge in [-0.25, -0.2) is 9.59 Å². The van der Waals surface area contributed by atoms with E-state index in [1.807, 2.05) is 27.7 Å². The summed E-state index contributed by atoms with van der Waals surface area (Å²) in [6, 6.07) is 0. The summed E-state index contributed by atoms with van der Waals surface area (Å²) in [7, 11) is 0. The van der Waals surface area contributed by atoms with Gasteiger partial charge in [-0.2, -0.15) is 0 Å². The maximum absolute atomic E-state index is 12.0. The third kappa shape index (κ3) is 5.06. The van der Waals surface area contributed by atoms with E-state index in [1.54, 1.807) is 11.8 Å². The van der Waals surface area contributed by atoms with Gasteiger partial charge in [0.05, 0.1) is 0 Å². The number of nitrogens with zero attached hydrogens (tertiary/aromatic N) is 1. The molecule has 0 aliphatic carbocycles. The average Bonchev–Trinajstić information content (AvgIpc) is 2.37. The fourth-order valence-corrected chi connectivity index (χ4v) is 2.23. The summed E-state index contributed by atoms with van der Waals surface area (Å²) in [6.45, 7) is 13.9. The minimum atomic E-state index is -0.497. The first-order valence-corrected chi connectivity index (χ1v) is 7.45. The highest BCUT2D eigenvalue weighted by Gasteiger charge is 2.38. The highest BCUT2D eigenvalue weighted by Crippen LogP contribution is 2.31. The van der Waals surface area contributed by atoms with Crippen LogP contribution >= 0.6 is 0 Å². The lowest BCUT2D eigenvalue weighted by atomic mass is 9.88. The van der Waals surface area contributed by atoms with Gasteiger partial charge in [-0.05, 0) is 34.1 Å². The summed E-state index contributed by atoms with van der Waals surface area (Å²) < 4.78 is 11.0. The molecular weight excluding hydrogens is 270 g/mol. The predicted molar refractivity (Wildman–Crippen MR) is 81.0 cm³/mol. The Labute approximate surface area is 127 Å². The van der Waals surface area contributed by atoms with E-state index in [0.29, 0.717) is 31.5 Å². The highest BCUT2D eigenvalue weighted by molar-refractivity contribution is 5.87. The molecular formula is C16H27NO4. The van der Waals surface area contributed by atoms with Crippen molar-refractivity contribution >= 4 is 12.1 Å². The molecule has 1 heterocycles. The normalized spacial score (nSPS) is 18.0. The topological polar surface area (TPSA) is 55.8 Å². The molecule has 21 heavy (non-hydrogen) atoms. The van der Waals surface area contributed by atoms with E-state index in [-0.39, 0.29) is 12.1 Å². The molecule has 1 aliphatic rings. The molecule has 1 saturated heterocycles. The smallest absolute Gasteiger partial charge is 0.410 e. The van der Waals surface area contributed by atoms with Crippen LogP contribution in [0.4, 0.5) is 4.79 Å². The molecule has 1 fully saturated rings. The molecule has 0 unspecified atom stereocenters. The van der Waals surface area contributed by atoms with Gasteiger partial charge in [0.2, 0.25) is 0 Å². The van der Waals surface area contributed by atoms with Crippen molar-refractivity contribution in [2.24, 2.45) is 0 Å². The number of carbonyl (C=O) groups is 2. The molecule has 5 heteroatoms. The number of rotatable bonds is 3. The van der Waals surface area contributed by atoms with Crippen LogP contribution in [-0.2, 0) is 14.3 Å². The number of hydrogen-bond acceptors (Lipinski definition) is 4. The Hall–Kier alpha value is -1.52. The van der Waals surface area contributed by atoms with Crippen molar-refractivity contribution in [2.75, 3.05) is 13.1 Å². The summed E-state index contributed by atoms with van der Waals surface area (Å²) in [6.07, 6.45) is 1.68. The van der Waals surface area contributed by atoms with Crippen molar-refractivity contribution in [1.82, 2.24) is 4.90 Å². The second kappa shape index (κ2) is 6.50. The number of hydrogen-bond donors (Lipinski definition) is 0. The minimum absolute atomic E-state index is 0.307. The molecule has 120 valence electrons. The van der Waals surface area contributed by atoms with Crippen LogP contribution in [0.2, 0.25) is 0 Å². The first kappa shape index (κ1) is 17.5. The summed E-state index contributed by atoms with van der Waals surface area (Å²) in [4.78, 5) is 25.5. The van der Waals surface area contributed by atoms with Crippen LogP contribution in [0, 0.1) is 0 Å². The highest BCUT2D eigenvalue weighted by atomic mass is 16.6. The second-order valence-corrected chi connectivity index (χ2v) is 6.67. The van der Waals surface area contributed by atoms with Gasteiger partial charge in [-0.3, -0.25) is 0 Å². The Bertz CT molecular complexity index is 414. The minimum Gasteiger partial charge on any atom is -0.456 e. The maximum Gasteiger partial charge on any atom is 0.410 e. The van der Waals surface area contributed by atoms with Gasteiger partial charge in [0.25, 0.3) is 0 Å². The van der Waals surface area contributed by atoms with Crippen molar-refractivity contribution in [3.8, 4) is 0 Å². The van der Waals surface area contributed by atoms with Crippen LogP contribution in [0.15, 0.2) is 12.2 Å². The first-order valence-electron chi connectivity index (χ1n) is 7.45. The molecule has 1 aliphatic heterocycles. The van der Waals surface area contributed by atoms with Gasteiger partial charge in [0.15, 0.2) is 0 Å². The van der Waals surface area contributed by atoms with Crippen molar-refractivity contribution in [3.63, 3.8) is 0 Å². The lowest BCUT2D eigenvalue weighted by molar-refractivity contribution is -0.160. The monoisotopic (exact) mass is 297 g/mol. The van der Waals surface area contributed by atoms with Gasteiger partial charge in [-0.1, -0.05) is 13.5 Å². The fourth-order valence-electron chi connectivity index (χ4n) is 2.23. The van der Waals surface area contributed by atoms with E-state index >= 15 is 0 Å². The summed E-state index contributed by atoms with van der Waals surface area (Å²) in [5, 5.41) is 0. The van der Waals surface area contributed by atoms with E-state index in [1.165, 1.54) is 0 Å². The summed E-state index contributed by atoms with van der Waals surface area (Å²) in [5.41, 5.74) is -0.588. The van der Waals surface area contributed by atoms with E-state index in [2.05, 4.69) is 6.58 Å². The van der Waals surface area contributed by atoms with E-state index in [0.717, 1.165) is 6.42 Å². The quantitative estimate of drug-likeness (QED) is 0.592. The molecule has 0 aromatic rings. The zero-order chi connectivity index (χ0) is 16.3. The van der Waals surface area contributed by atoms with Crippen molar-refractivity contribution in [1.29, 1.82) is 0 Å². The lowest BCUT2D eigenvalue weighted by Crippen LogP contribution is -2.49. The van der Waals surface area contributed by atoms with Crippen molar-refractivity contribution in [2.45, 2.75) is 65.1 Å². The zero-order valence-electron chi connectivity index (χ0n) is 13.8. The molecule has 5 nitrogen and oxygen atoms in total. The Morgan fingerprint density at radius 2 is 1.76 bits per heavy atom. The largest absolute Gasteiger partial charge is 0.456 e. The molecule has 0 aromatic carbocycles. The summed E-state index contributed by atoms with van der Waals surface area (Å²) in [5.74, 6) is -0.359. The number of esters is 1. The SMILES string of the molecule is C=C(C)C(=O)OC1(CC)CCN(C(=O)OC(C)(C)C)CC1. The van der Waals surface area contributed by atoms with Crippen LogP contribution in [-0.4, -0.2) is 41.3 Å². The van der Waals surface area contributed by atoms with E-state index in [9.17, 15) is 9.59 Å². The van der Waals surface area contributed by atoms with Crippen molar-refractivity contribution < 1.29 is 19.1 Å². The second-order valence-electron chi connectivity index (χ2n) is 6.67. The molecule has 0 radical (unpaired) electrons. The van der Waals surface area contributed by atoms with Crippen LogP contribution in [0.25, 0.3) is 0 Å². The van der Waals surface area contributed by atoms with E-state index < -0.39 is 11.2 Å². The first-order chi connectivity index (χ1) is 9.58. The molecule has 0 atom stereocenters. The number of amides is 1. The average molecular weight is 297 g/mol. The van der Waals surface area contributed by atoms with Crippen LogP contribution in [0.1, 0.15) is 53.9 Å². The van der Waals surface area contributed by atoms with Gasteiger partial charge in [0.1, 0.15) is 11.2 Å². The van der Waals surface area contributed by atoms with Gasteiger partial charge in [0, 0.05) is 31.5 Å². The number of ether oxygens (including phenoxy) is 2. The standard InChI is InChI=1S/C16H27NO4/c1-7-16(20-13(18)12(2)3)8-10-17(11-9-16)14(19)21-15(4,5)6/h2,7-11H2,1,3-6H3. The van der Waals surface area contributed by atoms with Gasteiger partial charge < -0.3 is 14.4 Å². The Morgan fingerprint density at radius 1 is 1.24 bits per heavy atom. The lowest BCUT2D eigenvalue weighted by Gasteiger charge is -2.41. The molecule has 0 saturated carbocycles. The van der Waals surface area contributed by atoms with Crippen LogP contribution in [0.3, 0.4) is 0 Å². The third-order valence-electron chi connectivity index (χ3n) is 3.63. The van der Waals surface area contributed by atoms with Gasteiger partial charge in [-0.15, -0.1) is 0 Å². The number of likely N-dealkylation sites (tertiary alicyclic amines) is 1. The third-order valence-corrected chi connectivity index (χ3v) is 3.63. The van der Waals surface area contributed by atoms with Crippen molar-refractivity contribution in [3.05, 3.63) is 12.2 Å². The molecule has 1 amide bonds. The molecule has 0 spiro atoms. The zero-order valence-corrected chi connectivity index (χ0v) is 13.8. The Kier molecular flexibility index (Phi) is 5.42. The molecule has 1 rings (SSSR count). The number of carbonyl (C=O) groups excluding carboxylic acids is 2. The Morgan fingerprint density at radius 3 is 2.14 bits per heavy atom. The predicted octanol–water partition coefficient (Wildman–Crippen LogP) is 3.29. The molecule has 0 aromatic heterocycles. The van der Waals surface area contributed by atoms with E-state index in [4.69, 9.17) is 9.47 Å². The molecule has 0 N–H and O–H groups in total. The van der Waals surface area contributed by atoms with Gasteiger partial charge >= 0.3 is 12.1 Å². The number of piperidine rings is 1. The maximum atomic E-state index is 12.0. The van der Waals surface area contributed by atoms with Crippen LogP contribution in [0.5, 0.6) is 0 Å². The van der Waals surface area contributed by atoms with Crippen LogP contribution < -0.4 is 0 Å². The molecule has 0 bridgehead atoms. The fraction of sp³-hybridized carbons (Fsp3) is 0.750.